The zero-order valence-corrected chi connectivity index (χ0v) is 14.1. The number of carbonyl (C=O) groups is 1. The number of carbonyl (C=O) groups excluding carboxylic acids is 1. The molecule has 1 aliphatic rings. The third-order valence-electron chi connectivity index (χ3n) is 4.58. The lowest BCUT2D eigenvalue weighted by molar-refractivity contribution is -0.111. The van der Waals surface area contributed by atoms with E-state index in [1.807, 2.05) is 42.4 Å². The molecular formula is C17H23N5O. The molecule has 23 heavy (non-hydrogen) atoms. The molecule has 1 unspecified atom stereocenters. The van der Waals surface area contributed by atoms with Crippen molar-refractivity contribution in [3.8, 4) is 0 Å². The number of nitrogens with one attached hydrogen (secondary N) is 1. The van der Waals surface area contributed by atoms with Crippen molar-refractivity contribution in [3.05, 3.63) is 35.3 Å². The molecule has 0 aromatic carbocycles. The topological polar surface area (TPSA) is 64.7 Å². The summed E-state index contributed by atoms with van der Waals surface area (Å²) in [5.74, 6) is 1.28. The number of amides is 1. The third-order valence-corrected chi connectivity index (χ3v) is 4.58. The van der Waals surface area contributed by atoms with Crippen LogP contribution in [-0.4, -0.2) is 25.5 Å². The summed E-state index contributed by atoms with van der Waals surface area (Å²) in [7, 11) is 1.90. The Morgan fingerprint density at radius 3 is 2.78 bits per heavy atom. The average molecular weight is 313 g/mol. The summed E-state index contributed by atoms with van der Waals surface area (Å²) in [6, 6.07) is 2.16. The Bertz CT molecular complexity index is 751. The lowest BCUT2D eigenvalue weighted by Crippen LogP contribution is -2.16. The predicted octanol–water partition coefficient (Wildman–Crippen LogP) is 2.86. The summed E-state index contributed by atoms with van der Waals surface area (Å²) in [5, 5.41) is 11.6. The monoisotopic (exact) mass is 313 g/mol. The van der Waals surface area contributed by atoms with E-state index < -0.39 is 0 Å². The van der Waals surface area contributed by atoms with Gasteiger partial charge in [-0.15, -0.1) is 0 Å². The van der Waals surface area contributed by atoms with Crippen molar-refractivity contribution in [2.24, 2.45) is 13.0 Å². The van der Waals surface area contributed by atoms with Crippen molar-refractivity contribution in [3.63, 3.8) is 0 Å². The van der Waals surface area contributed by atoms with Gasteiger partial charge in [-0.05, 0) is 45.6 Å². The molecule has 122 valence electrons. The van der Waals surface area contributed by atoms with Gasteiger partial charge in [0.2, 0.25) is 5.91 Å². The molecule has 1 amide bonds. The van der Waals surface area contributed by atoms with Gasteiger partial charge in [-0.1, -0.05) is 0 Å². The molecule has 0 saturated heterocycles. The first-order valence-corrected chi connectivity index (χ1v) is 8.00. The second-order valence-corrected chi connectivity index (χ2v) is 6.27. The van der Waals surface area contributed by atoms with Gasteiger partial charge >= 0.3 is 0 Å². The summed E-state index contributed by atoms with van der Waals surface area (Å²) >= 11 is 0. The van der Waals surface area contributed by atoms with E-state index in [-0.39, 0.29) is 5.91 Å². The minimum atomic E-state index is -0.155. The molecule has 0 radical (unpaired) electrons. The zero-order chi connectivity index (χ0) is 16.6. The molecule has 1 atom stereocenters. The highest BCUT2D eigenvalue weighted by atomic mass is 16.1. The molecular weight excluding hydrogens is 290 g/mol. The molecule has 6 heteroatoms. The fourth-order valence-corrected chi connectivity index (χ4v) is 2.87. The first-order chi connectivity index (χ1) is 11.0. The summed E-state index contributed by atoms with van der Waals surface area (Å²) in [6.45, 7) is 6.08. The van der Waals surface area contributed by atoms with Crippen LogP contribution < -0.4 is 5.32 Å². The maximum Gasteiger partial charge on any atom is 0.249 e. The van der Waals surface area contributed by atoms with Gasteiger partial charge in [0, 0.05) is 30.4 Å². The number of anilines is 1. The van der Waals surface area contributed by atoms with E-state index in [9.17, 15) is 4.79 Å². The maximum absolute atomic E-state index is 12.2. The van der Waals surface area contributed by atoms with Crippen molar-refractivity contribution in [2.75, 3.05) is 5.32 Å². The first kappa shape index (κ1) is 15.5. The Balaban J connectivity index is 1.70. The van der Waals surface area contributed by atoms with Crippen LogP contribution in [0.2, 0.25) is 0 Å². The largest absolute Gasteiger partial charge is 0.307 e. The number of hydrogen-bond donors (Lipinski definition) is 1. The van der Waals surface area contributed by atoms with Gasteiger partial charge in [-0.25, -0.2) is 4.68 Å². The average Bonchev–Trinajstić information content (AvgIpc) is 3.21. The van der Waals surface area contributed by atoms with Crippen molar-refractivity contribution in [2.45, 2.75) is 39.7 Å². The minimum absolute atomic E-state index is 0.155. The quantitative estimate of drug-likeness (QED) is 0.863. The van der Waals surface area contributed by atoms with Crippen molar-refractivity contribution in [1.82, 2.24) is 19.6 Å². The van der Waals surface area contributed by atoms with Crippen LogP contribution in [0, 0.1) is 19.8 Å². The second-order valence-electron chi connectivity index (χ2n) is 6.27. The summed E-state index contributed by atoms with van der Waals surface area (Å²) < 4.78 is 3.73. The number of hydrogen-bond acceptors (Lipinski definition) is 3. The van der Waals surface area contributed by atoms with Gasteiger partial charge in [-0.3, -0.25) is 9.48 Å². The van der Waals surface area contributed by atoms with Crippen molar-refractivity contribution < 1.29 is 4.79 Å². The summed E-state index contributed by atoms with van der Waals surface area (Å²) in [6.07, 6.45) is 7.59. The van der Waals surface area contributed by atoms with Crippen molar-refractivity contribution >= 4 is 17.8 Å². The molecule has 0 aliphatic heterocycles. The van der Waals surface area contributed by atoms with Crippen LogP contribution >= 0.6 is 0 Å². The number of aromatic nitrogens is 4. The van der Waals surface area contributed by atoms with Crippen LogP contribution in [-0.2, 0) is 11.8 Å². The predicted molar refractivity (Wildman–Crippen MR) is 90.0 cm³/mol. The fraction of sp³-hybridized carbons (Fsp3) is 0.471. The van der Waals surface area contributed by atoms with E-state index in [0.29, 0.717) is 12.0 Å². The molecule has 2 aromatic heterocycles. The molecule has 6 nitrogen and oxygen atoms in total. The number of rotatable bonds is 5. The van der Waals surface area contributed by atoms with E-state index in [2.05, 4.69) is 22.4 Å². The highest BCUT2D eigenvalue weighted by Gasteiger charge is 2.30. The molecule has 1 N–H and O–H groups in total. The van der Waals surface area contributed by atoms with Gasteiger partial charge in [0.05, 0.1) is 17.9 Å². The molecule has 1 fully saturated rings. The van der Waals surface area contributed by atoms with Gasteiger partial charge < -0.3 is 5.32 Å². The van der Waals surface area contributed by atoms with Crippen LogP contribution in [0.25, 0.3) is 6.08 Å². The molecule has 3 rings (SSSR count). The SMILES string of the molecule is Cc1nn(C)c(C)c1/C=C/C(=O)Nc1ccnn1C(C)C1CC1. The van der Waals surface area contributed by atoms with Crippen LogP contribution in [0.1, 0.15) is 42.8 Å². The lowest BCUT2D eigenvalue weighted by atomic mass is 10.2. The number of nitrogens with zero attached hydrogens (tertiary/aromatic N) is 4. The standard InChI is InChI=1S/C17H23N5O/c1-11-15(13(3)21(4)20-11)7-8-17(23)19-16-9-10-18-22(16)12(2)14-5-6-14/h7-10,12,14H,5-6H2,1-4H3,(H,19,23)/b8-7+. The second kappa shape index (κ2) is 6.02. The van der Waals surface area contributed by atoms with Crippen LogP contribution in [0.3, 0.4) is 0 Å². The molecule has 0 spiro atoms. The Morgan fingerprint density at radius 1 is 1.43 bits per heavy atom. The van der Waals surface area contributed by atoms with Crippen molar-refractivity contribution in [1.29, 1.82) is 0 Å². The smallest absolute Gasteiger partial charge is 0.249 e. The Kier molecular flexibility index (Phi) is 4.07. The highest BCUT2D eigenvalue weighted by molar-refractivity contribution is 6.01. The van der Waals surface area contributed by atoms with E-state index in [1.54, 1.807) is 12.3 Å². The summed E-state index contributed by atoms with van der Waals surface area (Å²) in [4.78, 5) is 12.2. The van der Waals surface area contributed by atoms with Gasteiger partial charge in [0.1, 0.15) is 5.82 Å². The molecule has 0 bridgehead atoms. The molecule has 1 saturated carbocycles. The highest BCUT2D eigenvalue weighted by Crippen LogP contribution is 2.40. The Hall–Kier alpha value is -2.37. The fourth-order valence-electron chi connectivity index (χ4n) is 2.87. The maximum atomic E-state index is 12.2. The third kappa shape index (κ3) is 3.21. The molecule has 2 aromatic rings. The van der Waals surface area contributed by atoms with Gasteiger partial charge in [-0.2, -0.15) is 10.2 Å². The Labute approximate surface area is 136 Å². The number of aryl methyl sites for hydroxylation is 2. The minimum Gasteiger partial charge on any atom is -0.307 e. The van der Waals surface area contributed by atoms with E-state index in [1.165, 1.54) is 12.8 Å². The van der Waals surface area contributed by atoms with Gasteiger partial charge in [0.15, 0.2) is 0 Å². The van der Waals surface area contributed by atoms with E-state index >= 15 is 0 Å². The van der Waals surface area contributed by atoms with Crippen LogP contribution in [0.15, 0.2) is 18.3 Å². The van der Waals surface area contributed by atoms with E-state index in [4.69, 9.17) is 0 Å². The lowest BCUT2D eigenvalue weighted by Gasteiger charge is -2.14. The van der Waals surface area contributed by atoms with Crippen LogP contribution in [0.4, 0.5) is 5.82 Å². The first-order valence-electron chi connectivity index (χ1n) is 8.00. The zero-order valence-electron chi connectivity index (χ0n) is 14.1. The normalized spacial score (nSPS) is 16.0. The Morgan fingerprint density at radius 2 is 2.17 bits per heavy atom. The van der Waals surface area contributed by atoms with Gasteiger partial charge in [0.25, 0.3) is 0 Å². The van der Waals surface area contributed by atoms with Crippen LogP contribution in [0.5, 0.6) is 0 Å². The summed E-state index contributed by atoms with van der Waals surface area (Å²) in [5.41, 5.74) is 2.95. The molecule has 1 aliphatic carbocycles. The molecule has 2 heterocycles. The van der Waals surface area contributed by atoms with E-state index in [0.717, 1.165) is 22.8 Å².